The lowest BCUT2D eigenvalue weighted by molar-refractivity contribution is -0.117. The Labute approximate surface area is 195 Å². The van der Waals surface area contributed by atoms with Gasteiger partial charge >= 0.3 is 0 Å². The summed E-state index contributed by atoms with van der Waals surface area (Å²) >= 11 is 0. The Hall–Kier alpha value is -4.52. The van der Waals surface area contributed by atoms with Crippen LogP contribution in [-0.4, -0.2) is 32.5 Å². The van der Waals surface area contributed by atoms with Gasteiger partial charge in [0, 0.05) is 17.2 Å². The van der Waals surface area contributed by atoms with Crippen molar-refractivity contribution in [1.29, 1.82) is 0 Å². The van der Waals surface area contributed by atoms with Gasteiger partial charge in [-0.1, -0.05) is 66.7 Å². The lowest BCUT2D eigenvalue weighted by atomic mass is 10.0. The molecule has 2 heterocycles. The maximum Gasteiger partial charge on any atom is 0.295 e. The quantitative estimate of drug-likeness (QED) is 0.380. The molecule has 0 aliphatic rings. The number of carbonyl (C=O) groups excluding carboxylic acids is 1. The summed E-state index contributed by atoms with van der Waals surface area (Å²) in [5, 5.41) is 10.0. The van der Waals surface area contributed by atoms with Crippen molar-refractivity contribution < 1.29 is 9.53 Å². The van der Waals surface area contributed by atoms with E-state index >= 15 is 0 Å². The number of ether oxygens (including phenoxy) is 1. The molecule has 5 aromatic rings. The molecule has 2 aromatic heterocycles. The fraction of sp³-hybridized carbons (Fsp3) is 0.111. The molecule has 7 nitrogen and oxygen atoms in total. The number of hydrogen-bond acceptors (Lipinski definition) is 5. The van der Waals surface area contributed by atoms with Crippen LogP contribution in [0.25, 0.3) is 39.1 Å². The number of carbonyl (C=O) groups is 1. The van der Waals surface area contributed by atoms with Gasteiger partial charge in [-0.15, -0.1) is 0 Å². The molecule has 0 unspecified atom stereocenters. The van der Waals surface area contributed by atoms with Gasteiger partial charge < -0.3 is 4.74 Å². The Morgan fingerprint density at radius 3 is 2.21 bits per heavy atom. The fourth-order valence-electron chi connectivity index (χ4n) is 4.04. The van der Waals surface area contributed by atoms with Gasteiger partial charge in [0.05, 0.1) is 23.9 Å². The molecule has 0 bridgehead atoms. The van der Waals surface area contributed by atoms with E-state index in [-0.39, 0.29) is 17.8 Å². The van der Waals surface area contributed by atoms with E-state index in [0.29, 0.717) is 16.8 Å². The smallest absolute Gasteiger partial charge is 0.295 e. The first-order valence-corrected chi connectivity index (χ1v) is 10.9. The summed E-state index contributed by atoms with van der Waals surface area (Å²) in [6.07, 6.45) is 0. The minimum Gasteiger partial charge on any atom is -0.497 e. The molecule has 0 fully saturated rings. The summed E-state index contributed by atoms with van der Waals surface area (Å²) in [7, 11) is 1.61. The predicted octanol–water partition coefficient (Wildman–Crippen LogP) is 4.51. The van der Waals surface area contributed by atoms with Crippen molar-refractivity contribution in [1.82, 2.24) is 19.6 Å². The average molecular weight is 450 g/mol. The Kier molecular flexibility index (Phi) is 5.51. The van der Waals surface area contributed by atoms with Gasteiger partial charge in [0.2, 0.25) is 0 Å². The number of nitrogens with zero attached hydrogens (tertiary/aromatic N) is 4. The van der Waals surface area contributed by atoms with Gasteiger partial charge in [-0.2, -0.15) is 10.2 Å². The summed E-state index contributed by atoms with van der Waals surface area (Å²) in [4.78, 5) is 25.3. The predicted molar refractivity (Wildman–Crippen MR) is 131 cm³/mol. The van der Waals surface area contributed by atoms with Gasteiger partial charge in [-0.3, -0.25) is 9.59 Å². The maximum absolute atomic E-state index is 13.4. The van der Waals surface area contributed by atoms with Gasteiger partial charge in [-0.05, 0) is 19.1 Å². The molecule has 3 aromatic carbocycles. The number of Topliss-reactive ketones (excluding diaryl/α,β-unsaturated/α-hetero) is 1. The standard InChI is InChI=1S/C27H22N4O3/c1-18(32)17-30-27(33)25-23(24(28-30)19-10-5-3-6-11-19)26(20-12-7-4-8-13-20)31(29-25)21-14-9-15-22(16-21)34-2/h3-16H,17H2,1-2H3. The van der Waals surface area contributed by atoms with E-state index in [2.05, 4.69) is 5.10 Å². The molecular weight excluding hydrogens is 428 g/mol. The number of benzene rings is 3. The molecule has 0 aliphatic carbocycles. The minimum absolute atomic E-state index is 0.124. The number of methoxy groups -OCH3 is 1. The highest BCUT2D eigenvalue weighted by atomic mass is 16.5. The summed E-state index contributed by atoms with van der Waals surface area (Å²) in [5.41, 5.74) is 3.61. The lowest BCUT2D eigenvalue weighted by Gasteiger charge is -2.11. The fourth-order valence-corrected chi connectivity index (χ4v) is 4.04. The summed E-state index contributed by atoms with van der Waals surface area (Å²) < 4.78 is 8.36. The zero-order chi connectivity index (χ0) is 23.7. The number of aromatic nitrogens is 4. The zero-order valence-corrected chi connectivity index (χ0v) is 18.8. The van der Waals surface area contributed by atoms with Crippen LogP contribution in [0.2, 0.25) is 0 Å². The Balaban J connectivity index is 1.94. The summed E-state index contributed by atoms with van der Waals surface area (Å²) in [6.45, 7) is 1.31. The van der Waals surface area contributed by atoms with Crippen molar-refractivity contribution >= 4 is 16.7 Å². The molecule has 0 amide bonds. The number of rotatable bonds is 6. The molecule has 168 valence electrons. The summed E-state index contributed by atoms with van der Waals surface area (Å²) in [6, 6.07) is 26.9. The highest BCUT2D eigenvalue weighted by molar-refractivity contribution is 6.02. The second kappa shape index (κ2) is 8.78. The number of hydrogen-bond donors (Lipinski definition) is 0. The van der Waals surface area contributed by atoms with Crippen molar-refractivity contribution in [3.63, 3.8) is 0 Å². The van der Waals surface area contributed by atoms with E-state index in [1.165, 1.54) is 11.6 Å². The monoisotopic (exact) mass is 450 g/mol. The molecule has 0 saturated heterocycles. The highest BCUT2D eigenvalue weighted by Gasteiger charge is 2.24. The van der Waals surface area contributed by atoms with Crippen LogP contribution >= 0.6 is 0 Å². The number of ketones is 1. The van der Waals surface area contributed by atoms with E-state index in [1.807, 2.05) is 84.9 Å². The Morgan fingerprint density at radius 1 is 0.882 bits per heavy atom. The lowest BCUT2D eigenvalue weighted by Crippen LogP contribution is -2.26. The average Bonchev–Trinajstić information content (AvgIpc) is 3.28. The van der Waals surface area contributed by atoms with E-state index in [1.54, 1.807) is 11.8 Å². The second-order valence-electron chi connectivity index (χ2n) is 7.93. The third kappa shape index (κ3) is 3.77. The van der Waals surface area contributed by atoms with Gasteiger partial charge in [0.25, 0.3) is 5.56 Å². The van der Waals surface area contributed by atoms with E-state index in [9.17, 15) is 9.59 Å². The topological polar surface area (TPSA) is 79.0 Å². The molecule has 0 spiro atoms. The molecule has 0 atom stereocenters. The normalized spacial score (nSPS) is 11.0. The second-order valence-corrected chi connectivity index (χ2v) is 7.93. The van der Waals surface area contributed by atoms with Gasteiger partial charge in [0.15, 0.2) is 11.3 Å². The third-order valence-corrected chi connectivity index (χ3v) is 5.54. The van der Waals surface area contributed by atoms with Crippen LogP contribution in [0, 0.1) is 0 Å². The first-order chi connectivity index (χ1) is 16.6. The van der Waals surface area contributed by atoms with Gasteiger partial charge in [-0.25, -0.2) is 9.36 Å². The molecule has 0 aliphatic heterocycles. The van der Waals surface area contributed by atoms with Crippen LogP contribution in [0.5, 0.6) is 5.75 Å². The molecular formula is C27H22N4O3. The molecule has 7 heteroatoms. The van der Waals surface area contributed by atoms with Gasteiger partial charge in [0.1, 0.15) is 18.0 Å². The minimum atomic E-state index is -0.413. The highest BCUT2D eigenvalue weighted by Crippen LogP contribution is 2.36. The van der Waals surface area contributed by atoms with Crippen LogP contribution in [0.15, 0.2) is 89.7 Å². The molecule has 0 radical (unpaired) electrons. The van der Waals surface area contributed by atoms with Crippen molar-refractivity contribution in [2.45, 2.75) is 13.5 Å². The van der Waals surface area contributed by atoms with Crippen molar-refractivity contribution in [3.05, 3.63) is 95.3 Å². The Bertz CT molecular complexity index is 1550. The van der Waals surface area contributed by atoms with E-state index in [4.69, 9.17) is 9.84 Å². The SMILES string of the molecule is COc1cccc(-n2nc3c(=O)n(CC(C)=O)nc(-c4ccccc4)c3c2-c2ccccc2)c1. The van der Waals surface area contributed by atoms with Crippen LogP contribution in [0.1, 0.15) is 6.92 Å². The largest absolute Gasteiger partial charge is 0.497 e. The first kappa shape index (κ1) is 21.3. The van der Waals surface area contributed by atoms with E-state index < -0.39 is 5.56 Å². The first-order valence-electron chi connectivity index (χ1n) is 10.9. The molecule has 34 heavy (non-hydrogen) atoms. The van der Waals surface area contributed by atoms with Crippen LogP contribution in [0.3, 0.4) is 0 Å². The van der Waals surface area contributed by atoms with E-state index in [0.717, 1.165) is 22.5 Å². The van der Waals surface area contributed by atoms with Crippen LogP contribution in [-0.2, 0) is 11.3 Å². The summed E-state index contributed by atoms with van der Waals surface area (Å²) in [5.74, 6) is 0.509. The third-order valence-electron chi connectivity index (χ3n) is 5.54. The molecule has 0 saturated carbocycles. The maximum atomic E-state index is 13.4. The van der Waals surface area contributed by atoms with Crippen LogP contribution < -0.4 is 10.3 Å². The zero-order valence-electron chi connectivity index (χ0n) is 18.8. The van der Waals surface area contributed by atoms with Crippen molar-refractivity contribution in [3.8, 4) is 34.0 Å². The number of fused-ring (bicyclic) bond motifs is 1. The molecule has 5 rings (SSSR count). The molecule has 0 N–H and O–H groups in total. The van der Waals surface area contributed by atoms with Crippen molar-refractivity contribution in [2.75, 3.05) is 7.11 Å². The van der Waals surface area contributed by atoms with Crippen molar-refractivity contribution in [2.24, 2.45) is 0 Å². The Morgan fingerprint density at radius 2 is 1.56 bits per heavy atom. The van der Waals surface area contributed by atoms with Crippen LogP contribution in [0.4, 0.5) is 0 Å².